The third-order valence-corrected chi connectivity index (χ3v) is 5.46. The lowest BCUT2D eigenvalue weighted by molar-refractivity contribution is -0.120. The van der Waals surface area contributed by atoms with E-state index >= 15 is 0 Å². The molecule has 1 amide bonds. The van der Waals surface area contributed by atoms with Crippen molar-refractivity contribution >= 4 is 17.7 Å². The molecule has 1 unspecified atom stereocenters. The number of methoxy groups -OCH3 is 1. The predicted molar refractivity (Wildman–Crippen MR) is 110 cm³/mol. The minimum Gasteiger partial charge on any atom is -0.497 e. The van der Waals surface area contributed by atoms with Crippen LogP contribution in [0.1, 0.15) is 20.8 Å². The van der Waals surface area contributed by atoms with Crippen LogP contribution < -0.4 is 10.1 Å². The van der Waals surface area contributed by atoms with Crippen molar-refractivity contribution in [3.63, 3.8) is 0 Å². The average Bonchev–Trinajstić information content (AvgIpc) is 3.09. The van der Waals surface area contributed by atoms with Gasteiger partial charge in [0.2, 0.25) is 5.91 Å². The number of nitrogens with one attached hydrogen (secondary N) is 1. The van der Waals surface area contributed by atoms with E-state index in [1.165, 1.54) is 11.8 Å². The van der Waals surface area contributed by atoms with E-state index in [0.717, 1.165) is 11.3 Å². The predicted octanol–water partition coefficient (Wildman–Crippen LogP) is 3.29. The van der Waals surface area contributed by atoms with Crippen LogP contribution in [0.15, 0.2) is 42.1 Å². The maximum Gasteiger partial charge on any atom is 0.231 e. The first kappa shape index (κ1) is 21.5. The lowest BCUT2D eigenvalue weighted by atomic mass is 9.90. The van der Waals surface area contributed by atoms with Gasteiger partial charge in [0, 0.05) is 12.1 Å². The number of aromatic nitrogens is 3. The van der Waals surface area contributed by atoms with E-state index in [1.807, 2.05) is 42.7 Å². The summed E-state index contributed by atoms with van der Waals surface area (Å²) in [5.41, 5.74) is -0.0101. The number of hydrogen-bond acceptors (Lipinski definition) is 6. The molecule has 0 bridgehead atoms. The van der Waals surface area contributed by atoms with Gasteiger partial charge in [-0.25, -0.2) is 0 Å². The summed E-state index contributed by atoms with van der Waals surface area (Å²) < 4.78 is 7.09. The van der Waals surface area contributed by atoms with Crippen molar-refractivity contribution in [1.82, 2.24) is 20.1 Å². The first-order valence-corrected chi connectivity index (χ1v) is 9.86. The molecule has 28 heavy (non-hydrogen) atoms. The molecule has 1 heterocycles. The number of amides is 1. The van der Waals surface area contributed by atoms with Gasteiger partial charge in [-0.1, -0.05) is 31.7 Å². The largest absolute Gasteiger partial charge is 0.497 e. The number of allylic oxidation sites excluding steroid dienone is 1. The minimum absolute atomic E-state index is 0.00227. The fourth-order valence-corrected chi connectivity index (χ4v) is 3.15. The van der Waals surface area contributed by atoms with E-state index in [9.17, 15) is 10.1 Å². The second-order valence-electron chi connectivity index (χ2n) is 6.74. The highest BCUT2D eigenvalue weighted by atomic mass is 32.2. The molecule has 1 atom stereocenters. The molecule has 0 aliphatic heterocycles. The highest BCUT2D eigenvalue weighted by Gasteiger charge is 2.30. The van der Waals surface area contributed by atoms with Crippen LogP contribution in [0.25, 0.3) is 11.4 Å². The van der Waals surface area contributed by atoms with Crippen molar-refractivity contribution in [2.45, 2.75) is 38.0 Å². The number of nitriles is 1. The number of thioether (sulfide) groups is 1. The van der Waals surface area contributed by atoms with Gasteiger partial charge < -0.3 is 10.1 Å². The fraction of sp³-hybridized carbons (Fsp3) is 0.400. The van der Waals surface area contributed by atoms with Crippen LogP contribution >= 0.6 is 11.8 Å². The van der Waals surface area contributed by atoms with E-state index in [0.29, 0.717) is 17.5 Å². The van der Waals surface area contributed by atoms with Gasteiger partial charge in [0.15, 0.2) is 11.0 Å². The standard InChI is InChI=1S/C20H25N5O2S/c1-6-11-25-18(15-7-9-16(27-5)10-8-15)23-24-19(25)28-12-17(26)22-20(4,13-21)14(2)3/h6-10,14H,1,11-12H2,2-5H3,(H,22,26). The quantitative estimate of drug-likeness (QED) is 0.514. The summed E-state index contributed by atoms with van der Waals surface area (Å²) in [6.45, 7) is 9.83. The average molecular weight is 400 g/mol. The summed E-state index contributed by atoms with van der Waals surface area (Å²) in [5, 5.41) is 21.3. The Bertz CT molecular complexity index is 870. The Labute approximate surface area is 169 Å². The van der Waals surface area contributed by atoms with Crippen molar-refractivity contribution in [3.8, 4) is 23.2 Å². The molecular weight excluding hydrogens is 374 g/mol. The Hall–Kier alpha value is -2.79. The normalized spacial score (nSPS) is 12.9. The second-order valence-corrected chi connectivity index (χ2v) is 7.68. The molecule has 0 aliphatic carbocycles. The monoisotopic (exact) mass is 399 g/mol. The van der Waals surface area contributed by atoms with Crippen molar-refractivity contribution in [1.29, 1.82) is 5.26 Å². The first-order chi connectivity index (χ1) is 13.3. The molecule has 0 saturated carbocycles. The number of carbonyl (C=O) groups is 1. The second kappa shape index (κ2) is 9.42. The minimum atomic E-state index is -0.902. The Kier molecular flexibility index (Phi) is 7.24. The molecule has 1 aromatic carbocycles. The van der Waals surface area contributed by atoms with Gasteiger partial charge >= 0.3 is 0 Å². The molecule has 1 N–H and O–H groups in total. The zero-order valence-corrected chi connectivity index (χ0v) is 17.4. The smallest absolute Gasteiger partial charge is 0.231 e. The van der Waals surface area contributed by atoms with Crippen molar-refractivity contribution in [2.24, 2.45) is 5.92 Å². The van der Waals surface area contributed by atoms with Gasteiger partial charge in [-0.2, -0.15) is 5.26 Å². The van der Waals surface area contributed by atoms with Crippen LogP contribution in [0.3, 0.4) is 0 Å². The van der Waals surface area contributed by atoms with Crippen LogP contribution in [0.4, 0.5) is 0 Å². The van der Waals surface area contributed by atoms with Crippen molar-refractivity contribution < 1.29 is 9.53 Å². The molecule has 0 saturated heterocycles. The van der Waals surface area contributed by atoms with Gasteiger partial charge in [-0.3, -0.25) is 9.36 Å². The topological polar surface area (TPSA) is 92.8 Å². The van der Waals surface area contributed by atoms with E-state index < -0.39 is 5.54 Å². The third kappa shape index (κ3) is 4.93. The Morgan fingerprint density at radius 3 is 2.64 bits per heavy atom. The van der Waals surface area contributed by atoms with E-state index in [4.69, 9.17) is 4.74 Å². The summed E-state index contributed by atoms with van der Waals surface area (Å²) >= 11 is 1.28. The number of rotatable bonds is 9. The lowest BCUT2D eigenvalue weighted by Crippen LogP contribution is -2.49. The Morgan fingerprint density at radius 1 is 1.43 bits per heavy atom. The first-order valence-electron chi connectivity index (χ1n) is 8.88. The number of benzene rings is 1. The van der Waals surface area contributed by atoms with Crippen LogP contribution in [-0.2, 0) is 11.3 Å². The Morgan fingerprint density at radius 2 is 2.11 bits per heavy atom. The molecule has 0 aliphatic rings. The molecule has 2 aromatic rings. The lowest BCUT2D eigenvalue weighted by Gasteiger charge is -2.27. The van der Waals surface area contributed by atoms with Crippen molar-refractivity contribution in [2.75, 3.05) is 12.9 Å². The zero-order valence-electron chi connectivity index (χ0n) is 16.6. The zero-order chi connectivity index (χ0) is 20.7. The van der Waals surface area contributed by atoms with Gasteiger partial charge in [-0.05, 0) is 37.1 Å². The molecular formula is C20H25N5O2S. The van der Waals surface area contributed by atoms with E-state index in [-0.39, 0.29) is 17.6 Å². The molecule has 7 nitrogen and oxygen atoms in total. The maximum atomic E-state index is 12.3. The third-order valence-electron chi connectivity index (χ3n) is 4.50. The maximum absolute atomic E-state index is 12.3. The SMILES string of the molecule is C=CCn1c(SCC(=O)NC(C)(C#N)C(C)C)nnc1-c1ccc(OC)cc1. The molecule has 0 fully saturated rings. The van der Waals surface area contributed by atoms with E-state index in [1.54, 1.807) is 20.1 Å². The van der Waals surface area contributed by atoms with Gasteiger partial charge in [0.25, 0.3) is 0 Å². The van der Waals surface area contributed by atoms with Crippen LogP contribution in [0.5, 0.6) is 5.75 Å². The van der Waals surface area contributed by atoms with Crippen LogP contribution in [0.2, 0.25) is 0 Å². The molecule has 2 rings (SSSR count). The molecule has 8 heteroatoms. The Balaban J connectivity index is 2.16. The summed E-state index contributed by atoms with van der Waals surface area (Å²) in [6, 6.07) is 9.71. The van der Waals surface area contributed by atoms with Gasteiger partial charge in [0.05, 0.1) is 18.9 Å². The van der Waals surface area contributed by atoms with Gasteiger partial charge in [-0.15, -0.1) is 16.8 Å². The summed E-state index contributed by atoms with van der Waals surface area (Å²) in [5.74, 6) is 1.37. The fourth-order valence-electron chi connectivity index (χ4n) is 2.40. The molecule has 1 aromatic heterocycles. The van der Waals surface area contributed by atoms with Crippen LogP contribution in [-0.4, -0.2) is 39.1 Å². The molecule has 148 valence electrons. The molecule has 0 radical (unpaired) electrons. The highest BCUT2D eigenvalue weighted by Crippen LogP contribution is 2.26. The van der Waals surface area contributed by atoms with Crippen molar-refractivity contribution in [3.05, 3.63) is 36.9 Å². The summed E-state index contributed by atoms with van der Waals surface area (Å²) in [7, 11) is 1.62. The van der Waals surface area contributed by atoms with Gasteiger partial charge in [0.1, 0.15) is 11.3 Å². The molecule has 0 spiro atoms. The summed E-state index contributed by atoms with van der Waals surface area (Å²) in [4.78, 5) is 12.3. The van der Waals surface area contributed by atoms with E-state index in [2.05, 4.69) is 28.2 Å². The highest BCUT2D eigenvalue weighted by molar-refractivity contribution is 7.99. The van der Waals surface area contributed by atoms with Crippen LogP contribution in [0, 0.1) is 17.2 Å². The number of carbonyl (C=O) groups excluding carboxylic acids is 1. The number of hydrogen-bond donors (Lipinski definition) is 1. The number of ether oxygens (including phenoxy) is 1. The number of nitrogens with zero attached hydrogens (tertiary/aromatic N) is 4. The summed E-state index contributed by atoms with van der Waals surface area (Å²) in [6.07, 6.45) is 1.76.